The van der Waals surface area contributed by atoms with E-state index in [1.807, 2.05) is 37.3 Å². The lowest BCUT2D eigenvalue weighted by Crippen LogP contribution is -2.13. The molecule has 4 aromatic rings. The van der Waals surface area contributed by atoms with Crippen molar-refractivity contribution in [1.82, 2.24) is 15.1 Å². The number of fused-ring (bicyclic) bond motifs is 1. The molecule has 3 heterocycles. The number of aromatic amines is 1. The van der Waals surface area contributed by atoms with Gasteiger partial charge in [0.05, 0.1) is 23.0 Å². The van der Waals surface area contributed by atoms with Crippen LogP contribution in [0.25, 0.3) is 28.2 Å². The molecule has 33 heavy (non-hydrogen) atoms. The SMILES string of the molecule is CC1=C(c2ccc3[nH]c(-c4nc(C)no4)cc3c2)N=C(C(=O)CCc2ccc(C#N)cc2)C1. The van der Waals surface area contributed by atoms with Crippen molar-refractivity contribution < 1.29 is 9.32 Å². The summed E-state index contributed by atoms with van der Waals surface area (Å²) in [7, 11) is 0. The quantitative estimate of drug-likeness (QED) is 0.449. The molecule has 5 rings (SSSR count). The second-order valence-corrected chi connectivity index (χ2v) is 8.23. The number of nitrogens with one attached hydrogen (secondary N) is 1. The number of rotatable bonds is 6. The van der Waals surface area contributed by atoms with Gasteiger partial charge >= 0.3 is 0 Å². The number of aromatic nitrogens is 3. The number of Topliss-reactive ketones (excluding diaryl/α,β-unsaturated/α-hetero) is 1. The van der Waals surface area contributed by atoms with Gasteiger partial charge in [-0.2, -0.15) is 10.2 Å². The van der Waals surface area contributed by atoms with E-state index < -0.39 is 0 Å². The van der Waals surface area contributed by atoms with Gasteiger partial charge in [0.1, 0.15) is 5.69 Å². The van der Waals surface area contributed by atoms with Crippen molar-refractivity contribution >= 4 is 28.1 Å². The van der Waals surface area contributed by atoms with E-state index in [1.54, 1.807) is 19.1 Å². The van der Waals surface area contributed by atoms with E-state index in [0.717, 1.165) is 39.0 Å². The van der Waals surface area contributed by atoms with Crippen LogP contribution in [0.4, 0.5) is 0 Å². The molecule has 0 amide bonds. The number of carbonyl (C=O) groups is 1. The third-order valence-corrected chi connectivity index (χ3v) is 5.78. The summed E-state index contributed by atoms with van der Waals surface area (Å²) in [5.74, 6) is 1.10. The lowest BCUT2D eigenvalue weighted by atomic mass is 10.0. The van der Waals surface area contributed by atoms with Crippen molar-refractivity contribution in [2.24, 2.45) is 4.99 Å². The molecule has 1 aliphatic heterocycles. The summed E-state index contributed by atoms with van der Waals surface area (Å²) in [6, 6.07) is 17.5. The van der Waals surface area contributed by atoms with Crippen LogP contribution in [0.3, 0.4) is 0 Å². The monoisotopic (exact) mass is 435 g/mol. The van der Waals surface area contributed by atoms with Crippen molar-refractivity contribution in [3.05, 3.63) is 76.6 Å². The minimum Gasteiger partial charge on any atom is -0.351 e. The average Bonchev–Trinajstić information content (AvgIpc) is 3.55. The molecule has 0 aliphatic carbocycles. The predicted molar refractivity (Wildman–Crippen MR) is 125 cm³/mol. The lowest BCUT2D eigenvalue weighted by molar-refractivity contribution is -0.113. The number of nitrogens with zero attached hydrogens (tertiary/aromatic N) is 4. The molecule has 0 atom stereocenters. The Balaban J connectivity index is 1.33. The Morgan fingerprint density at radius 1 is 1.15 bits per heavy atom. The third kappa shape index (κ3) is 4.11. The Bertz CT molecular complexity index is 1480. The predicted octanol–water partition coefficient (Wildman–Crippen LogP) is 5.18. The van der Waals surface area contributed by atoms with Crippen LogP contribution in [0.2, 0.25) is 0 Å². The maximum Gasteiger partial charge on any atom is 0.274 e. The van der Waals surface area contributed by atoms with Crippen LogP contribution in [0.15, 0.2) is 63.6 Å². The fraction of sp³-hybridized carbons (Fsp3) is 0.192. The maximum absolute atomic E-state index is 12.8. The fourth-order valence-corrected chi connectivity index (χ4v) is 4.03. The molecule has 162 valence electrons. The molecule has 0 unspecified atom stereocenters. The molecule has 7 nitrogen and oxygen atoms in total. The van der Waals surface area contributed by atoms with Crippen molar-refractivity contribution in [3.8, 4) is 17.7 Å². The van der Waals surface area contributed by atoms with Crippen molar-refractivity contribution in [2.45, 2.75) is 33.1 Å². The lowest BCUT2D eigenvalue weighted by Gasteiger charge is -2.02. The first kappa shape index (κ1) is 20.6. The Hall–Kier alpha value is -4.31. The van der Waals surface area contributed by atoms with Gasteiger partial charge in [0.25, 0.3) is 5.89 Å². The molecule has 1 aliphatic rings. The summed E-state index contributed by atoms with van der Waals surface area (Å²) in [6.07, 6.45) is 1.60. The molecular weight excluding hydrogens is 414 g/mol. The summed E-state index contributed by atoms with van der Waals surface area (Å²) in [4.78, 5) is 25.1. The zero-order valence-corrected chi connectivity index (χ0v) is 18.3. The molecule has 1 N–H and O–H groups in total. The maximum atomic E-state index is 12.8. The number of hydrogen-bond acceptors (Lipinski definition) is 6. The third-order valence-electron chi connectivity index (χ3n) is 5.78. The highest BCUT2D eigenvalue weighted by Crippen LogP contribution is 2.32. The molecule has 2 aromatic heterocycles. The van der Waals surface area contributed by atoms with E-state index in [-0.39, 0.29) is 5.78 Å². The smallest absolute Gasteiger partial charge is 0.274 e. The van der Waals surface area contributed by atoms with Crippen LogP contribution in [0, 0.1) is 18.3 Å². The second kappa shape index (κ2) is 8.32. The first-order valence-corrected chi connectivity index (χ1v) is 10.7. The van der Waals surface area contributed by atoms with Crippen LogP contribution in [0.5, 0.6) is 0 Å². The normalized spacial score (nSPS) is 13.4. The van der Waals surface area contributed by atoms with Crippen LogP contribution >= 0.6 is 0 Å². The number of carbonyl (C=O) groups excluding carboxylic acids is 1. The van der Waals surface area contributed by atoms with Crippen molar-refractivity contribution in [1.29, 1.82) is 5.26 Å². The zero-order valence-electron chi connectivity index (χ0n) is 18.3. The molecule has 2 aromatic carbocycles. The minimum atomic E-state index is 0.0606. The van der Waals surface area contributed by atoms with E-state index >= 15 is 0 Å². The van der Waals surface area contributed by atoms with Crippen molar-refractivity contribution in [2.75, 3.05) is 0 Å². The van der Waals surface area contributed by atoms with Gasteiger partial charge in [0, 0.05) is 29.3 Å². The van der Waals surface area contributed by atoms with E-state index in [9.17, 15) is 4.79 Å². The molecule has 7 heteroatoms. The number of allylic oxidation sites excluding steroid dienone is 1. The summed E-state index contributed by atoms with van der Waals surface area (Å²) in [5, 5.41) is 13.8. The number of aliphatic imine (C=N–C) groups is 1. The zero-order chi connectivity index (χ0) is 22.9. The topological polar surface area (TPSA) is 108 Å². The standard InChI is InChI=1S/C26H21N5O2/c1-15-11-22(24(32)10-7-17-3-5-18(14-27)6-4-17)30-25(15)19-8-9-21-20(12-19)13-23(29-21)26-28-16(2)31-33-26/h3-6,8-9,12-13,29H,7,10-11H2,1-2H3. The van der Waals surface area contributed by atoms with Crippen LogP contribution in [-0.4, -0.2) is 26.6 Å². The van der Waals surface area contributed by atoms with Gasteiger partial charge < -0.3 is 9.51 Å². The highest BCUT2D eigenvalue weighted by Gasteiger charge is 2.22. The minimum absolute atomic E-state index is 0.0606. The molecular formula is C26H21N5O2. The fourth-order valence-electron chi connectivity index (χ4n) is 4.03. The summed E-state index contributed by atoms with van der Waals surface area (Å²) in [5.41, 5.74) is 6.90. The van der Waals surface area contributed by atoms with E-state index in [0.29, 0.717) is 42.3 Å². The van der Waals surface area contributed by atoms with Crippen molar-refractivity contribution in [3.63, 3.8) is 0 Å². The van der Waals surface area contributed by atoms with E-state index in [4.69, 9.17) is 14.8 Å². The summed E-state index contributed by atoms with van der Waals surface area (Å²) in [6.45, 7) is 3.80. The van der Waals surface area contributed by atoms with Gasteiger partial charge in [0.2, 0.25) is 0 Å². The van der Waals surface area contributed by atoms with Gasteiger partial charge in [-0.25, -0.2) is 4.99 Å². The highest BCUT2D eigenvalue weighted by atomic mass is 16.5. The Morgan fingerprint density at radius 3 is 2.70 bits per heavy atom. The summed E-state index contributed by atoms with van der Waals surface area (Å²) < 4.78 is 5.26. The summed E-state index contributed by atoms with van der Waals surface area (Å²) >= 11 is 0. The molecule has 0 spiro atoms. The van der Waals surface area contributed by atoms with E-state index in [2.05, 4.69) is 27.3 Å². The molecule has 0 bridgehead atoms. The van der Waals surface area contributed by atoms with Gasteiger partial charge in [-0.3, -0.25) is 4.79 Å². The number of hydrogen-bond donors (Lipinski definition) is 1. The van der Waals surface area contributed by atoms with Crippen LogP contribution in [-0.2, 0) is 11.2 Å². The number of nitriles is 1. The van der Waals surface area contributed by atoms with Gasteiger partial charge in [-0.05, 0) is 61.7 Å². The number of ketones is 1. The molecule has 0 fully saturated rings. The van der Waals surface area contributed by atoms with Gasteiger partial charge in [0.15, 0.2) is 11.6 Å². The average molecular weight is 435 g/mol. The van der Waals surface area contributed by atoms with Gasteiger partial charge in [-0.15, -0.1) is 0 Å². The number of H-pyrrole nitrogens is 1. The van der Waals surface area contributed by atoms with Gasteiger partial charge in [-0.1, -0.05) is 23.4 Å². The first-order valence-electron chi connectivity index (χ1n) is 10.7. The largest absolute Gasteiger partial charge is 0.351 e. The first-order chi connectivity index (χ1) is 16.0. The molecule has 0 saturated heterocycles. The van der Waals surface area contributed by atoms with E-state index in [1.165, 1.54) is 0 Å². The second-order valence-electron chi connectivity index (χ2n) is 8.23. The number of aryl methyl sites for hydroxylation is 2. The Labute approximate surface area is 190 Å². The number of benzene rings is 2. The molecule has 0 saturated carbocycles. The Kier molecular flexibility index (Phi) is 5.19. The highest BCUT2D eigenvalue weighted by molar-refractivity contribution is 6.42. The van der Waals surface area contributed by atoms with Crippen LogP contribution in [0.1, 0.15) is 42.3 Å². The van der Waals surface area contributed by atoms with Crippen LogP contribution < -0.4 is 0 Å². The Morgan fingerprint density at radius 2 is 1.97 bits per heavy atom. The molecule has 0 radical (unpaired) electrons.